The molecule has 0 aliphatic rings. The second-order valence-corrected chi connectivity index (χ2v) is 3.03. The minimum absolute atomic E-state index is 0.0489. The number of likely N-dealkylation sites (N-methyl/N-ethyl adjacent to an activating group) is 1. The summed E-state index contributed by atoms with van der Waals surface area (Å²) >= 11 is 0. The summed E-state index contributed by atoms with van der Waals surface area (Å²) in [5, 5.41) is 10.5. The van der Waals surface area contributed by atoms with Gasteiger partial charge in [0, 0.05) is 7.05 Å². The second-order valence-electron chi connectivity index (χ2n) is 3.03. The van der Waals surface area contributed by atoms with Crippen LogP contribution in [0.4, 0.5) is 0 Å². The maximum atomic E-state index is 8.78. The van der Waals surface area contributed by atoms with Crippen molar-refractivity contribution in [2.75, 3.05) is 27.3 Å². The fourth-order valence-corrected chi connectivity index (χ4v) is 0.973. The fourth-order valence-electron chi connectivity index (χ4n) is 0.973. The predicted octanol–water partition coefficient (Wildman–Crippen LogP) is 0.446. The van der Waals surface area contributed by atoms with Crippen LogP contribution in [0.25, 0.3) is 0 Å². The zero-order chi connectivity index (χ0) is 11.1. The van der Waals surface area contributed by atoms with E-state index in [-0.39, 0.29) is 6.61 Å². The molecule has 0 saturated heterocycles. The lowest BCUT2D eigenvalue weighted by molar-refractivity contribution is -0.113. The van der Waals surface area contributed by atoms with E-state index in [0.717, 1.165) is 0 Å². The molecule has 1 aromatic heterocycles. The van der Waals surface area contributed by atoms with Crippen molar-refractivity contribution in [2.45, 2.75) is 6.61 Å². The summed E-state index contributed by atoms with van der Waals surface area (Å²) in [4.78, 5) is 8.92. The molecule has 0 fully saturated rings. The largest absolute Gasteiger partial charge is 0.491 e. The number of hydrogen-bond acceptors (Lipinski definition) is 5. The number of rotatable bonds is 6. The number of pyridine rings is 1. The molecular weight excluding hydrogens is 196 g/mol. The Bertz CT molecular complexity index is 277. The molecule has 1 heterocycles. The third-order valence-corrected chi connectivity index (χ3v) is 1.95. The first-order chi connectivity index (χ1) is 7.26. The van der Waals surface area contributed by atoms with Crippen LogP contribution >= 0.6 is 0 Å². The molecule has 1 N–H and O–H groups in total. The minimum atomic E-state index is -0.0489. The van der Waals surface area contributed by atoms with Gasteiger partial charge in [0.1, 0.15) is 12.4 Å². The summed E-state index contributed by atoms with van der Waals surface area (Å²) in [6, 6.07) is 3.51. The summed E-state index contributed by atoms with van der Waals surface area (Å²) in [5.74, 6) is 0.691. The first-order valence-electron chi connectivity index (χ1n) is 4.70. The van der Waals surface area contributed by atoms with E-state index < -0.39 is 0 Å². The van der Waals surface area contributed by atoms with Gasteiger partial charge < -0.3 is 14.7 Å². The van der Waals surface area contributed by atoms with Gasteiger partial charge in [-0.15, -0.1) is 0 Å². The molecule has 0 saturated carbocycles. The number of aromatic nitrogens is 1. The van der Waals surface area contributed by atoms with Crippen molar-refractivity contribution in [3.8, 4) is 5.75 Å². The SMILES string of the molecule is CON(C)CCOc1ccc(CO)nc1. The molecule has 15 heavy (non-hydrogen) atoms. The van der Waals surface area contributed by atoms with Gasteiger partial charge in [0.05, 0.1) is 32.2 Å². The van der Waals surface area contributed by atoms with E-state index in [0.29, 0.717) is 24.6 Å². The third kappa shape index (κ3) is 4.24. The van der Waals surface area contributed by atoms with E-state index in [1.165, 1.54) is 0 Å². The van der Waals surface area contributed by atoms with Gasteiger partial charge in [-0.05, 0) is 12.1 Å². The highest BCUT2D eigenvalue weighted by Crippen LogP contribution is 2.08. The standard InChI is InChI=1S/C10H16N2O3/c1-12(14-2)5-6-15-10-4-3-9(8-13)11-7-10/h3-4,7,13H,5-6,8H2,1-2H3. The zero-order valence-corrected chi connectivity index (χ0v) is 9.01. The highest BCUT2D eigenvalue weighted by molar-refractivity contribution is 5.19. The molecule has 0 aliphatic carbocycles. The lowest BCUT2D eigenvalue weighted by atomic mass is 10.3. The van der Waals surface area contributed by atoms with E-state index in [4.69, 9.17) is 14.7 Å². The Labute approximate surface area is 89.2 Å². The van der Waals surface area contributed by atoms with Gasteiger partial charge in [0.25, 0.3) is 0 Å². The molecule has 0 amide bonds. The zero-order valence-electron chi connectivity index (χ0n) is 9.01. The molecule has 5 nitrogen and oxygen atoms in total. The minimum Gasteiger partial charge on any atom is -0.491 e. The predicted molar refractivity (Wildman–Crippen MR) is 55.3 cm³/mol. The van der Waals surface area contributed by atoms with Crippen molar-refractivity contribution >= 4 is 0 Å². The molecule has 84 valence electrons. The molecule has 0 unspecified atom stereocenters. The first-order valence-corrected chi connectivity index (χ1v) is 4.70. The van der Waals surface area contributed by atoms with Crippen LogP contribution < -0.4 is 4.74 Å². The molecule has 0 aromatic carbocycles. The monoisotopic (exact) mass is 212 g/mol. The maximum Gasteiger partial charge on any atom is 0.137 e. The van der Waals surface area contributed by atoms with Crippen LogP contribution in [0, 0.1) is 0 Å². The number of aliphatic hydroxyl groups excluding tert-OH is 1. The van der Waals surface area contributed by atoms with E-state index in [1.807, 2.05) is 7.05 Å². The van der Waals surface area contributed by atoms with Crippen molar-refractivity contribution in [1.29, 1.82) is 0 Å². The number of hydroxylamine groups is 2. The molecule has 0 spiro atoms. The van der Waals surface area contributed by atoms with Crippen LogP contribution in [0.3, 0.4) is 0 Å². The fraction of sp³-hybridized carbons (Fsp3) is 0.500. The topological polar surface area (TPSA) is 54.8 Å². The van der Waals surface area contributed by atoms with Gasteiger partial charge in [0.15, 0.2) is 0 Å². The average molecular weight is 212 g/mol. The molecule has 0 aliphatic heterocycles. The third-order valence-electron chi connectivity index (χ3n) is 1.95. The molecule has 0 radical (unpaired) electrons. The number of ether oxygens (including phenoxy) is 1. The van der Waals surface area contributed by atoms with Gasteiger partial charge in [0.2, 0.25) is 0 Å². The summed E-state index contributed by atoms with van der Waals surface area (Å²) in [5.41, 5.74) is 0.636. The lowest BCUT2D eigenvalue weighted by Gasteiger charge is -2.13. The first kappa shape index (κ1) is 11.9. The lowest BCUT2D eigenvalue weighted by Crippen LogP contribution is -2.22. The van der Waals surface area contributed by atoms with Gasteiger partial charge in [-0.25, -0.2) is 0 Å². The quantitative estimate of drug-likeness (QED) is 0.694. The highest BCUT2D eigenvalue weighted by Gasteiger charge is 1.98. The van der Waals surface area contributed by atoms with Gasteiger partial charge in [-0.2, -0.15) is 5.06 Å². The van der Waals surface area contributed by atoms with Crippen molar-refractivity contribution in [2.24, 2.45) is 0 Å². The van der Waals surface area contributed by atoms with Crippen LogP contribution in [0.2, 0.25) is 0 Å². The van der Waals surface area contributed by atoms with Crippen LogP contribution in [0.5, 0.6) is 5.75 Å². The molecular formula is C10H16N2O3. The Morgan fingerprint density at radius 3 is 2.80 bits per heavy atom. The molecule has 5 heteroatoms. The summed E-state index contributed by atoms with van der Waals surface area (Å²) in [7, 11) is 3.44. The van der Waals surface area contributed by atoms with Crippen molar-refractivity contribution in [3.63, 3.8) is 0 Å². The molecule has 0 bridgehead atoms. The number of nitrogens with zero attached hydrogens (tertiary/aromatic N) is 2. The van der Waals surface area contributed by atoms with Crippen LogP contribution in [-0.4, -0.2) is 42.5 Å². The van der Waals surface area contributed by atoms with Crippen LogP contribution in [-0.2, 0) is 11.4 Å². The van der Waals surface area contributed by atoms with Crippen molar-refractivity contribution in [3.05, 3.63) is 24.0 Å². The molecule has 1 aromatic rings. The Balaban J connectivity index is 2.31. The van der Waals surface area contributed by atoms with E-state index in [1.54, 1.807) is 30.5 Å². The summed E-state index contributed by atoms with van der Waals surface area (Å²) in [6.45, 7) is 1.16. The smallest absolute Gasteiger partial charge is 0.137 e. The van der Waals surface area contributed by atoms with E-state index in [9.17, 15) is 0 Å². The van der Waals surface area contributed by atoms with Gasteiger partial charge >= 0.3 is 0 Å². The van der Waals surface area contributed by atoms with Crippen LogP contribution in [0.15, 0.2) is 18.3 Å². The van der Waals surface area contributed by atoms with Gasteiger partial charge in [-0.3, -0.25) is 4.98 Å². The Morgan fingerprint density at radius 1 is 1.47 bits per heavy atom. The second kappa shape index (κ2) is 6.34. The van der Waals surface area contributed by atoms with Gasteiger partial charge in [-0.1, -0.05) is 0 Å². The summed E-state index contributed by atoms with van der Waals surface area (Å²) in [6.07, 6.45) is 1.60. The Hall–Kier alpha value is -1.17. The summed E-state index contributed by atoms with van der Waals surface area (Å²) < 4.78 is 5.41. The van der Waals surface area contributed by atoms with Crippen molar-refractivity contribution in [1.82, 2.24) is 10.0 Å². The maximum absolute atomic E-state index is 8.78. The Kier molecular flexibility index (Phi) is 5.03. The van der Waals surface area contributed by atoms with E-state index in [2.05, 4.69) is 4.98 Å². The number of hydrogen-bond donors (Lipinski definition) is 1. The average Bonchev–Trinajstić information content (AvgIpc) is 2.29. The van der Waals surface area contributed by atoms with E-state index >= 15 is 0 Å². The van der Waals surface area contributed by atoms with Crippen LogP contribution in [0.1, 0.15) is 5.69 Å². The molecule has 1 rings (SSSR count). The normalized spacial score (nSPS) is 10.7. The molecule has 0 atom stereocenters. The Morgan fingerprint density at radius 2 is 2.27 bits per heavy atom. The highest BCUT2D eigenvalue weighted by atomic mass is 16.7. The van der Waals surface area contributed by atoms with Crippen molar-refractivity contribution < 1.29 is 14.7 Å². The number of aliphatic hydroxyl groups is 1.